The lowest BCUT2D eigenvalue weighted by molar-refractivity contribution is -0.385. The molecular formula is C13H17NO5. The van der Waals surface area contributed by atoms with Crippen LogP contribution >= 0.6 is 0 Å². The molecule has 0 amide bonds. The average Bonchev–Trinajstić information content (AvgIpc) is 2.89. The van der Waals surface area contributed by atoms with Crippen LogP contribution in [0.15, 0.2) is 18.2 Å². The highest BCUT2D eigenvalue weighted by Gasteiger charge is 2.19. The Morgan fingerprint density at radius 2 is 2.42 bits per heavy atom. The van der Waals surface area contributed by atoms with Crippen molar-refractivity contribution in [3.63, 3.8) is 0 Å². The van der Waals surface area contributed by atoms with Gasteiger partial charge in [-0.2, -0.15) is 0 Å². The molecule has 0 saturated carbocycles. The van der Waals surface area contributed by atoms with E-state index in [9.17, 15) is 15.2 Å². The topological polar surface area (TPSA) is 81.8 Å². The molecule has 0 bridgehead atoms. The smallest absolute Gasteiger partial charge is 0.270 e. The summed E-state index contributed by atoms with van der Waals surface area (Å²) in [7, 11) is 0. The Bertz CT molecular complexity index is 454. The predicted octanol–water partition coefficient (Wildman–Crippen LogP) is 2.21. The van der Waals surface area contributed by atoms with Crippen LogP contribution in [0.1, 0.15) is 31.4 Å². The summed E-state index contributed by atoms with van der Waals surface area (Å²) in [5.41, 5.74) is 0.368. The van der Waals surface area contributed by atoms with Gasteiger partial charge in [-0.3, -0.25) is 10.1 Å². The third-order valence-corrected chi connectivity index (χ3v) is 3.10. The second-order valence-electron chi connectivity index (χ2n) is 4.60. The number of hydrogen-bond acceptors (Lipinski definition) is 5. The molecule has 0 spiro atoms. The molecule has 1 fully saturated rings. The van der Waals surface area contributed by atoms with E-state index in [4.69, 9.17) is 9.47 Å². The molecule has 1 heterocycles. The maximum Gasteiger partial charge on any atom is 0.270 e. The van der Waals surface area contributed by atoms with Crippen LogP contribution < -0.4 is 4.74 Å². The highest BCUT2D eigenvalue weighted by Crippen LogP contribution is 2.29. The average molecular weight is 267 g/mol. The quantitative estimate of drug-likeness (QED) is 0.653. The highest BCUT2D eigenvalue weighted by atomic mass is 16.6. The molecule has 0 aromatic heterocycles. The third kappa shape index (κ3) is 3.42. The van der Waals surface area contributed by atoms with Crippen molar-refractivity contribution < 1.29 is 19.5 Å². The third-order valence-electron chi connectivity index (χ3n) is 3.10. The summed E-state index contributed by atoms with van der Waals surface area (Å²) in [5.74, 6) is 0.469. The number of ether oxygens (including phenoxy) is 2. The standard InChI is InChI=1S/C13H17NO5/c1-9(15)12-7-10(14(16)17)4-5-13(12)19-8-11-3-2-6-18-11/h4-5,7,9,11,15H,2-3,6,8H2,1H3. The van der Waals surface area contributed by atoms with Crippen LogP contribution in [-0.4, -0.2) is 29.3 Å². The van der Waals surface area contributed by atoms with Gasteiger partial charge >= 0.3 is 0 Å². The lowest BCUT2D eigenvalue weighted by Gasteiger charge is -2.15. The van der Waals surface area contributed by atoms with Gasteiger partial charge in [0.05, 0.1) is 17.1 Å². The molecule has 2 unspecified atom stereocenters. The maximum atomic E-state index is 10.7. The first kappa shape index (κ1) is 13.8. The Hall–Kier alpha value is -1.66. The number of nitro groups is 1. The minimum Gasteiger partial charge on any atom is -0.490 e. The molecule has 1 aromatic rings. The zero-order valence-electron chi connectivity index (χ0n) is 10.7. The largest absolute Gasteiger partial charge is 0.490 e. The van der Waals surface area contributed by atoms with Gasteiger partial charge in [-0.05, 0) is 25.8 Å². The van der Waals surface area contributed by atoms with Gasteiger partial charge in [-0.1, -0.05) is 0 Å². The number of nitro benzene ring substituents is 1. The van der Waals surface area contributed by atoms with Crippen molar-refractivity contribution in [1.29, 1.82) is 0 Å². The van der Waals surface area contributed by atoms with E-state index in [-0.39, 0.29) is 11.8 Å². The maximum absolute atomic E-state index is 10.7. The molecule has 0 aliphatic carbocycles. The van der Waals surface area contributed by atoms with Crippen LogP contribution in [0.2, 0.25) is 0 Å². The van der Waals surface area contributed by atoms with E-state index in [1.54, 1.807) is 6.92 Å². The van der Waals surface area contributed by atoms with Crippen LogP contribution in [-0.2, 0) is 4.74 Å². The Labute approximate surface area is 111 Å². The number of benzene rings is 1. The summed E-state index contributed by atoms with van der Waals surface area (Å²) in [6, 6.07) is 4.24. The molecule has 104 valence electrons. The van der Waals surface area contributed by atoms with E-state index in [1.807, 2.05) is 0 Å². The molecule has 6 nitrogen and oxygen atoms in total. The second-order valence-corrected chi connectivity index (χ2v) is 4.60. The second kappa shape index (κ2) is 5.99. The minimum absolute atomic E-state index is 0.0552. The first-order valence-electron chi connectivity index (χ1n) is 6.28. The zero-order chi connectivity index (χ0) is 13.8. The lowest BCUT2D eigenvalue weighted by atomic mass is 10.1. The van der Waals surface area contributed by atoms with E-state index in [2.05, 4.69) is 0 Å². The molecule has 1 aliphatic heterocycles. The van der Waals surface area contributed by atoms with Crippen molar-refractivity contribution in [3.8, 4) is 5.75 Å². The monoisotopic (exact) mass is 267 g/mol. The van der Waals surface area contributed by atoms with Crippen LogP contribution in [0.25, 0.3) is 0 Å². The van der Waals surface area contributed by atoms with Crippen molar-refractivity contribution in [3.05, 3.63) is 33.9 Å². The SMILES string of the molecule is CC(O)c1cc([N+](=O)[O-])ccc1OCC1CCCO1. The van der Waals surface area contributed by atoms with E-state index in [0.29, 0.717) is 17.9 Å². The number of hydrogen-bond donors (Lipinski definition) is 1. The summed E-state index contributed by atoms with van der Waals surface area (Å²) in [6.45, 7) is 2.70. The Morgan fingerprint density at radius 3 is 3.00 bits per heavy atom. The first-order valence-corrected chi connectivity index (χ1v) is 6.28. The van der Waals surface area contributed by atoms with Gasteiger partial charge in [0.25, 0.3) is 5.69 Å². The van der Waals surface area contributed by atoms with E-state index >= 15 is 0 Å². The molecule has 2 atom stereocenters. The lowest BCUT2D eigenvalue weighted by Crippen LogP contribution is -2.17. The summed E-state index contributed by atoms with van der Waals surface area (Å²) < 4.78 is 11.1. The molecule has 19 heavy (non-hydrogen) atoms. The molecule has 1 aromatic carbocycles. The van der Waals surface area contributed by atoms with E-state index in [1.165, 1.54) is 18.2 Å². The molecule has 0 radical (unpaired) electrons. The Balaban J connectivity index is 2.11. The fourth-order valence-electron chi connectivity index (χ4n) is 2.07. The normalized spacial score (nSPS) is 20.2. The number of non-ortho nitro benzene ring substituents is 1. The fourth-order valence-corrected chi connectivity index (χ4v) is 2.07. The first-order chi connectivity index (χ1) is 9.08. The summed E-state index contributed by atoms with van der Waals surface area (Å²) >= 11 is 0. The molecule has 1 aliphatic rings. The van der Waals surface area contributed by atoms with Gasteiger partial charge in [0, 0.05) is 24.3 Å². The predicted molar refractivity (Wildman–Crippen MR) is 68.2 cm³/mol. The summed E-state index contributed by atoms with van der Waals surface area (Å²) in [5, 5.41) is 20.4. The van der Waals surface area contributed by atoms with Crippen molar-refractivity contribution in [2.24, 2.45) is 0 Å². The van der Waals surface area contributed by atoms with Gasteiger partial charge < -0.3 is 14.6 Å². The van der Waals surface area contributed by atoms with Crippen LogP contribution in [0.5, 0.6) is 5.75 Å². The molecule has 1 N–H and O–H groups in total. The zero-order valence-corrected chi connectivity index (χ0v) is 10.7. The van der Waals surface area contributed by atoms with Crippen molar-refractivity contribution in [2.45, 2.75) is 32.0 Å². The molecule has 2 rings (SSSR count). The van der Waals surface area contributed by atoms with Crippen LogP contribution in [0, 0.1) is 10.1 Å². The minimum atomic E-state index is -0.820. The van der Waals surface area contributed by atoms with E-state index in [0.717, 1.165) is 19.4 Å². The Morgan fingerprint density at radius 1 is 1.63 bits per heavy atom. The molecular weight excluding hydrogens is 250 g/mol. The van der Waals surface area contributed by atoms with Gasteiger partial charge in [-0.25, -0.2) is 0 Å². The molecule has 1 saturated heterocycles. The number of aliphatic hydroxyl groups is 1. The van der Waals surface area contributed by atoms with Crippen LogP contribution in [0.3, 0.4) is 0 Å². The van der Waals surface area contributed by atoms with Crippen molar-refractivity contribution >= 4 is 5.69 Å². The number of aliphatic hydroxyl groups excluding tert-OH is 1. The fraction of sp³-hybridized carbons (Fsp3) is 0.538. The van der Waals surface area contributed by atoms with Crippen molar-refractivity contribution in [1.82, 2.24) is 0 Å². The summed E-state index contributed by atoms with van der Waals surface area (Å²) in [4.78, 5) is 10.2. The summed E-state index contributed by atoms with van der Waals surface area (Å²) in [6.07, 6.45) is 1.23. The highest BCUT2D eigenvalue weighted by molar-refractivity contribution is 5.44. The van der Waals surface area contributed by atoms with Gasteiger partial charge in [0.1, 0.15) is 12.4 Å². The Kier molecular flexibility index (Phi) is 4.34. The van der Waals surface area contributed by atoms with Gasteiger partial charge in [-0.15, -0.1) is 0 Å². The van der Waals surface area contributed by atoms with Crippen LogP contribution in [0.4, 0.5) is 5.69 Å². The number of rotatable bonds is 5. The van der Waals surface area contributed by atoms with Gasteiger partial charge in [0.2, 0.25) is 0 Å². The van der Waals surface area contributed by atoms with Crippen molar-refractivity contribution in [2.75, 3.05) is 13.2 Å². The molecule has 6 heteroatoms. The van der Waals surface area contributed by atoms with Gasteiger partial charge in [0.15, 0.2) is 0 Å². The van der Waals surface area contributed by atoms with E-state index < -0.39 is 11.0 Å². The number of nitrogens with zero attached hydrogens (tertiary/aromatic N) is 1.